The van der Waals surface area contributed by atoms with Gasteiger partial charge in [-0.3, -0.25) is 4.79 Å². The van der Waals surface area contributed by atoms with Gasteiger partial charge in [-0.25, -0.2) is 0 Å². The highest BCUT2D eigenvalue weighted by atomic mass is 32.2. The number of aliphatic carboxylic acids is 1. The van der Waals surface area contributed by atoms with Crippen LogP contribution in [0.5, 0.6) is 0 Å². The summed E-state index contributed by atoms with van der Waals surface area (Å²) in [5.74, 6) is 0.462. The van der Waals surface area contributed by atoms with Crippen LogP contribution in [-0.4, -0.2) is 42.7 Å². The van der Waals surface area contributed by atoms with Gasteiger partial charge in [0, 0.05) is 16.6 Å². The van der Waals surface area contributed by atoms with E-state index in [4.69, 9.17) is 5.11 Å². The van der Waals surface area contributed by atoms with Gasteiger partial charge in [-0.15, -0.1) is 10.2 Å². The Kier molecular flexibility index (Phi) is 13.4. The molecule has 6 nitrogen and oxygen atoms in total. The van der Waals surface area contributed by atoms with Gasteiger partial charge in [0.15, 0.2) is 0 Å². The first-order valence-corrected chi connectivity index (χ1v) is 13.1. The number of unbranched alkanes of at least 4 members (excludes halogenated alkanes) is 9. The zero-order valence-electron chi connectivity index (χ0n) is 19.3. The summed E-state index contributed by atoms with van der Waals surface area (Å²) in [6.45, 7) is 2.26. The fourth-order valence-electron chi connectivity index (χ4n) is 3.65. The molecule has 1 aromatic heterocycles. The lowest BCUT2D eigenvalue weighted by molar-refractivity contribution is -0.136. The first-order chi connectivity index (χ1) is 15.7. The van der Waals surface area contributed by atoms with Gasteiger partial charge in [-0.2, -0.15) is 17.0 Å². The first-order valence-electron chi connectivity index (χ1n) is 12.0. The van der Waals surface area contributed by atoms with E-state index in [-0.39, 0.29) is 11.7 Å². The Balaban J connectivity index is 1.77. The molecule has 0 bridgehead atoms. The molecule has 7 heteroatoms. The zero-order valence-corrected chi connectivity index (χ0v) is 20.2. The maximum absolute atomic E-state index is 10.9. The minimum absolute atomic E-state index is 0.191. The number of carboxylic acid groups (broad SMARTS) is 1. The Bertz CT molecular complexity index is 780. The molecule has 2 rings (SSSR count). The number of H-pyrrole nitrogens is 1. The van der Waals surface area contributed by atoms with Crippen molar-refractivity contribution in [1.29, 1.82) is 0 Å². The average molecular weight is 459 g/mol. The summed E-state index contributed by atoms with van der Waals surface area (Å²) in [7, 11) is 0. The number of hydrogen-bond acceptors (Lipinski definition) is 5. The molecule has 1 atom stereocenters. The summed E-state index contributed by atoms with van der Waals surface area (Å²) >= 11 is 1.71. The molecule has 0 radical (unpaired) electrons. The predicted molar refractivity (Wildman–Crippen MR) is 133 cm³/mol. The summed E-state index contributed by atoms with van der Waals surface area (Å²) < 4.78 is 0. The largest absolute Gasteiger partial charge is 0.481 e. The lowest BCUT2D eigenvalue weighted by atomic mass is 10.0. The normalized spacial score (nSPS) is 12.4. The summed E-state index contributed by atoms with van der Waals surface area (Å²) in [6, 6.07) is 8.17. The van der Waals surface area contributed by atoms with Crippen LogP contribution in [0.25, 0.3) is 11.4 Å². The van der Waals surface area contributed by atoms with Crippen LogP contribution in [0, 0.1) is 0 Å². The molecule has 2 aromatic rings. The van der Waals surface area contributed by atoms with Gasteiger partial charge in [-0.1, -0.05) is 88.6 Å². The van der Waals surface area contributed by atoms with Crippen molar-refractivity contribution in [1.82, 2.24) is 20.6 Å². The van der Waals surface area contributed by atoms with E-state index in [9.17, 15) is 4.79 Å². The van der Waals surface area contributed by atoms with Crippen molar-refractivity contribution in [2.24, 2.45) is 0 Å². The van der Waals surface area contributed by atoms with Crippen LogP contribution in [0.4, 0.5) is 0 Å². The SMILES string of the molecule is CCCCCCCCCCCC=CC(Cc1cccc(-c2nn[nH]n2)c1)SCCC(=O)O. The molecule has 2 N–H and O–H groups in total. The van der Waals surface area contributed by atoms with Gasteiger partial charge in [-0.05, 0) is 36.1 Å². The molecule has 1 aromatic carbocycles. The lowest BCUT2D eigenvalue weighted by Gasteiger charge is -2.13. The van der Waals surface area contributed by atoms with E-state index >= 15 is 0 Å². The van der Waals surface area contributed by atoms with Crippen molar-refractivity contribution in [3.8, 4) is 11.4 Å². The van der Waals surface area contributed by atoms with Crippen molar-refractivity contribution in [2.75, 3.05) is 5.75 Å². The topological polar surface area (TPSA) is 91.8 Å². The van der Waals surface area contributed by atoms with Crippen LogP contribution in [-0.2, 0) is 11.2 Å². The average Bonchev–Trinajstić information content (AvgIpc) is 3.32. The monoisotopic (exact) mass is 458 g/mol. The Labute approximate surface area is 196 Å². The van der Waals surface area contributed by atoms with Crippen LogP contribution < -0.4 is 0 Å². The van der Waals surface area contributed by atoms with E-state index in [1.54, 1.807) is 11.8 Å². The van der Waals surface area contributed by atoms with E-state index in [2.05, 4.69) is 51.8 Å². The molecule has 0 saturated heterocycles. The van der Waals surface area contributed by atoms with Crippen molar-refractivity contribution in [3.05, 3.63) is 42.0 Å². The Morgan fingerprint density at radius 3 is 2.56 bits per heavy atom. The Morgan fingerprint density at radius 1 is 1.12 bits per heavy atom. The summed E-state index contributed by atoms with van der Waals surface area (Å²) in [4.78, 5) is 10.9. The number of aromatic amines is 1. The standard InChI is InChI=1S/C25H38N4O2S/c1-2-3-4-5-6-7-8-9-10-11-12-16-23(32-18-17-24(30)31)20-21-14-13-15-22(19-21)25-26-28-29-27-25/h12-16,19,23H,2-11,17-18,20H2,1H3,(H,30,31)(H,26,27,28,29). The van der Waals surface area contributed by atoms with E-state index in [0.717, 1.165) is 18.4 Å². The van der Waals surface area contributed by atoms with Crippen LogP contribution >= 0.6 is 11.8 Å². The number of carbonyl (C=O) groups is 1. The maximum atomic E-state index is 10.9. The van der Waals surface area contributed by atoms with Crippen LogP contribution in [0.3, 0.4) is 0 Å². The highest BCUT2D eigenvalue weighted by Gasteiger charge is 2.10. The molecule has 32 heavy (non-hydrogen) atoms. The molecular formula is C25H38N4O2S. The number of thioether (sulfide) groups is 1. The number of nitrogens with zero attached hydrogens (tertiary/aromatic N) is 3. The number of aromatic nitrogens is 4. The van der Waals surface area contributed by atoms with E-state index in [0.29, 0.717) is 11.6 Å². The Morgan fingerprint density at radius 2 is 1.88 bits per heavy atom. The second-order valence-electron chi connectivity index (χ2n) is 8.24. The number of benzene rings is 1. The summed E-state index contributed by atoms with van der Waals surface area (Å²) in [6.07, 6.45) is 18.7. The minimum Gasteiger partial charge on any atom is -0.481 e. The van der Waals surface area contributed by atoms with Crippen LogP contribution in [0.15, 0.2) is 36.4 Å². The molecule has 0 saturated carbocycles. The number of rotatable bonds is 18. The van der Waals surface area contributed by atoms with Crippen LogP contribution in [0.1, 0.15) is 83.1 Å². The van der Waals surface area contributed by atoms with Crippen molar-refractivity contribution < 1.29 is 9.90 Å². The molecule has 0 fully saturated rings. The molecule has 0 aliphatic heterocycles. The van der Waals surface area contributed by atoms with Gasteiger partial charge in [0.05, 0.1) is 6.42 Å². The molecular weight excluding hydrogens is 420 g/mol. The fourth-order valence-corrected chi connectivity index (χ4v) is 4.78. The fraction of sp³-hybridized carbons (Fsp3) is 0.600. The zero-order chi connectivity index (χ0) is 22.9. The molecule has 1 heterocycles. The third-order valence-corrected chi connectivity index (χ3v) is 6.63. The smallest absolute Gasteiger partial charge is 0.304 e. The maximum Gasteiger partial charge on any atom is 0.304 e. The third kappa shape index (κ3) is 11.5. The third-order valence-electron chi connectivity index (χ3n) is 5.44. The number of allylic oxidation sites excluding steroid dienone is 1. The second kappa shape index (κ2) is 16.5. The number of hydrogen-bond donors (Lipinski definition) is 2. The van der Waals surface area contributed by atoms with Crippen LogP contribution in [0.2, 0.25) is 0 Å². The van der Waals surface area contributed by atoms with Gasteiger partial charge < -0.3 is 5.11 Å². The van der Waals surface area contributed by atoms with Crippen molar-refractivity contribution in [3.63, 3.8) is 0 Å². The lowest BCUT2D eigenvalue weighted by Crippen LogP contribution is -2.07. The first kappa shape index (κ1) is 26.1. The van der Waals surface area contributed by atoms with Crippen molar-refractivity contribution >= 4 is 17.7 Å². The van der Waals surface area contributed by atoms with E-state index in [1.807, 2.05) is 12.1 Å². The Hall–Kier alpha value is -2.15. The minimum atomic E-state index is -0.742. The predicted octanol–water partition coefficient (Wildman–Crippen LogP) is 6.46. The highest BCUT2D eigenvalue weighted by Crippen LogP contribution is 2.22. The number of tetrazole rings is 1. The van der Waals surface area contributed by atoms with Crippen molar-refractivity contribution in [2.45, 2.75) is 89.2 Å². The summed E-state index contributed by atoms with van der Waals surface area (Å²) in [5, 5.41) is 23.5. The van der Waals surface area contributed by atoms with Gasteiger partial charge >= 0.3 is 5.97 Å². The van der Waals surface area contributed by atoms with Gasteiger partial charge in [0.2, 0.25) is 5.82 Å². The van der Waals surface area contributed by atoms with E-state index in [1.165, 1.54) is 63.4 Å². The van der Waals surface area contributed by atoms with Gasteiger partial charge in [0.1, 0.15) is 0 Å². The quantitative estimate of drug-likeness (QED) is 0.197. The van der Waals surface area contributed by atoms with E-state index < -0.39 is 5.97 Å². The molecule has 0 aliphatic rings. The highest BCUT2D eigenvalue weighted by molar-refractivity contribution is 8.00. The number of carboxylic acids is 1. The molecule has 176 valence electrons. The number of nitrogens with one attached hydrogen (secondary N) is 1. The molecule has 0 spiro atoms. The molecule has 1 unspecified atom stereocenters. The van der Waals surface area contributed by atoms with Gasteiger partial charge in [0.25, 0.3) is 0 Å². The summed E-state index contributed by atoms with van der Waals surface area (Å²) in [5.41, 5.74) is 2.12. The second-order valence-corrected chi connectivity index (χ2v) is 9.59. The molecule has 0 amide bonds. The molecule has 0 aliphatic carbocycles.